The van der Waals surface area contributed by atoms with Crippen LogP contribution < -0.4 is 0 Å². The highest BCUT2D eigenvalue weighted by Crippen LogP contribution is 2.37. The molecule has 1 heterocycles. The van der Waals surface area contributed by atoms with Crippen LogP contribution in [0.15, 0.2) is 30.3 Å². The maximum Gasteiger partial charge on any atom is 0.418 e. The fourth-order valence-electron chi connectivity index (χ4n) is 1.99. The number of methoxy groups -OCH3 is 1. The Morgan fingerprint density at radius 1 is 1.04 bits per heavy atom. The van der Waals surface area contributed by atoms with E-state index in [4.69, 9.17) is 11.6 Å². The predicted octanol–water partition coefficient (Wildman–Crippen LogP) is 5.23. The first kappa shape index (κ1) is 19.0. The van der Waals surface area contributed by atoms with Gasteiger partial charge < -0.3 is 4.74 Å². The summed E-state index contributed by atoms with van der Waals surface area (Å²) in [7, 11) is 0.877. The van der Waals surface area contributed by atoms with E-state index in [1.54, 1.807) is 0 Å². The van der Waals surface area contributed by atoms with E-state index in [-0.39, 0.29) is 16.3 Å². The van der Waals surface area contributed by atoms with Gasteiger partial charge in [0.1, 0.15) is 0 Å². The molecule has 0 spiro atoms. The van der Waals surface area contributed by atoms with Gasteiger partial charge in [0, 0.05) is 5.56 Å². The Bertz CT molecular complexity index is 817. The lowest BCUT2D eigenvalue weighted by molar-refractivity contribution is -0.138. The molecule has 0 fully saturated rings. The highest BCUT2D eigenvalue weighted by Gasteiger charge is 2.37. The van der Waals surface area contributed by atoms with Crippen LogP contribution in [0.3, 0.4) is 0 Å². The van der Waals surface area contributed by atoms with Crippen molar-refractivity contribution in [1.82, 2.24) is 4.98 Å². The first-order valence-electron chi connectivity index (χ1n) is 6.49. The van der Waals surface area contributed by atoms with Crippen molar-refractivity contribution in [2.24, 2.45) is 0 Å². The molecule has 0 amide bonds. The summed E-state index contributed by atoms with van der Waals surface area (Å²) < 4.78 is 81.0. The average Bonchev–Trinajstić information content (AvgIpc) is 2.51. The van der Waals surface area contributed by atoms with E-state index in [2.05, 4.69) is 9.72 Å². The van der Waals surface area contributed by atoms with E-state index >= 15 is 0 Å². The second kappa shape index (κ2) is 6.55. The molecule has 25 heavy (non-hydrogen) atoms. The highest BCUT2D eigenvalue weighted by molar-refractivity contribution is 6.33. The van der Waals surface area contributed by atoms with Crippen LogP contribution in [0.25, 0.3) is 11.3 Å². The van der Waals surface area contributed by atoms with Crippen molar-refractivity contribution in [3.8, 4) is 11.3 Å². The molecule has 1 aromatic carbocycles. The number of esters is 1. The summed E-state index contributed by atoms with van der Waals surface area (Å²) in [5.74, 6) is -1.34. The zero-order valence-electron chi connectivity index (χ0n) is 12.3. The molecular formula is C15H8ClF6NO2. The number of alkyl halides is 6. The zero-order chi connectivity index (χ0) is 19.0. The Balaban J connectivity index is 2.59. The number of hydrogen-bond acceptors (Lipinski definition) is 3. The van der Waals surface area contributed by atoms with Crippen LogP contribution in [0.4, 0.5) is 26.3 Å². The van der Waals surface area contributed by atoms with Gasteiger partial charge in [-0.05, 0) is 24.3 Å². The second-order valence-electron chi connectivity index (χ2n) is 4.77. The third-order valence-corrected chi connectivity index (χ3v) is 3.46. The van der Waals surface area contributed by atoms with Crippen LogP contribution >= 0.6 is 11.6 Å². The molecule has 0 unspecified atom stereocenters. The lowest BCUT2D eigenvalue weighted by atomic mass is 10.1. The van der Waals surface area contributed by atoms with Crippen LogP contribution in [-0.2, 0) is 17.1 Å². The number of hydrogen-bond donors (Lipinski definition) is 0. The largest absolute Gasteiger partial charge is 0.464 e. The Morgan fingerprint density at radius 3 is 2.16 bits per heavy atom. The Kier molecular flexibility index (Phi) is 4.99. The molecule has 2 rings (SSSR count). The van der Waals surface area contributed by atoms with Gasteiger partial charge in [0.05, 0.1) is 29.0 Å². The first-order chi connectivity index (χ1) is 11.4. The molecule has 1 aromatic heterocycles. The molecule has 0 saturated carbocycles. The number of ether oxygens (including phenoxy) is 1. The lowest BCUT2D eigenvalue weighted by Gasteiger charge is -2.13. The molecule has 0 bridgehead atoms. The Hall–Kier alpha value is -2.29. The monoisotopic (exact) mass is 383 g/mol. The zero-order valence-corrected chi connectivity index (χ0v) is 13.1. The van der Waals surface area contributed by atoms with Gasteiger partial charge in [0.2, 0.25) is 0 Å². The van der Waals surface area contributed by atoms with Crippen molar-refractivity contribution in [2.75, 3.05) is 7.11 Å². The second-order valence-corrected chi connectivity index (χ2v) is 5.18. The number of nitrogens with zero attached hydrogens (tertiary/aromatic N) is 1. The minimum absolute atomic E-state index is 0.0615. The van der Waals surface area contributed by atoms with Gasteiger partial charge in [-0.1, -0.05) is 17.7 Å². The number of benzene rings is 1. The summed E-state index contributed by atoms with van der Waals surface area (Å²) in [4.78, 5) is 15.1. The molecule has 0 atom stereocenters. The fourth-order valence-corrected chi connectivity index (χ4v) is 2.27. The van der Waals surface area contributed by atoms with Crippen LogP contribution in [0.1, 0.15) is 21.6 Å². The minimum Gasteiger partial charge on any atom is -0.464 e. The molecule has 0 aliphatic heterocycles. The number of halogens is 7. The molecule has 0 radical (unpaired) electrons. The quantitative estimate of drug-likeness (QED) is 0.527. The van der Waals surface area contributed by atoms with Crippen molar-refractivity contribution in [1.29, 1.82) is 0 Å². The van der Waals surface area contributed by atoms with Gasteiger partial charge in [-0.15, -0.1) is 0 Å². The minimum atomic E-state index is -4.86. The molecule has 0 aliphatic carbocycles. The fraction of sp³-hybridized carbons (Fsp3) is 0.200. The van der Waals surface area contributed by atoms with Crippen molar-refractivity contribution in [3.63, 3.8) is 0 Å². The van der Waals surface area contributed by atoms with Crippen LogP contribution in [-0.4, -0.2) is 18.1 Å². The summed E-state index contributed by atoms with van der Waals surface area (Å²) >= 11 is 5.79. The molecule has 0 N–H and O–H groups in total. The van der Waals surface area contributed by atoms with Crippen molar-refractivity contribution in [3.05, 3.63) is 52.2 Å². The summed E-state index contributed by atoms with van der Waals surface area (Å²) in [5.41, 5.74) is -3.63. The number of pyridine rings is 1. The van der Waals surface area contributed by atoms with Gasteiger partial charge in [0.25, 0.3) is 0 Å². The lowest BCUT2D eigenvalue weighted by Crippen LogP contribution is -2.16. The molecule has 0 aliphatic rings. The summed E-state index contributed by atoms with van der Waals surface area (Å²) in [6, 6.07) is 3.78. The Morgan fingerprint density at radius 2 is 1.68 bits per heavy atom. The van der Waals surface area contributed by atoms with E-state index in [0.717, 1.165) is 19.2 Å². The highest BCUT2D eigenvalue weighted by atomic mass is 35.5. The van der Waals surface area contributed by atoms with E-state index in [1.807, 2.05) is 0 Å². The third kappa shape index (κ3) is 4.04. The van der Waals surface area contributed by atoms with Crippen LogP contribution in [0, 0.1) is 0 Å². The SMILES string of the molecule is COC(=O)c1nc(-c2ccc(C(F)(F)F)cc2Cl)ccc1C(F)(F)F. The predicted molar refractivity (Wildman–Crippen MR) is 76.0 cm³/mol. The summed E-state index contributed by atoms with van der Waals surface area (Å²) in [6.07, 6.45) is -9.49. The van der Waals surface area contributed by atoms with E-state index in [0.29, 0.717) is 18.2 Å². The third-order valence-electron chi connectivity index (χ3n) is 3.15. The number of rotatable bonds is 2. The van der Waals surface area contributed by atoms with Gasteiger partial charge >= 0.3 is 18.3 Å². The standard InChI is InChI=1S/C15H8ClF6NO2/c1-25-13(24)12-9(15(20,21)22)4-5-11(23-12)8-3-2-7(6-10(8)16)14(17,18)19/h2-6H,1H3. The molecule has 2 aromatic rings. The summed E-state index contributed by atoms with van der Waals surface area (Å²) in [6.45, 7) is 0. The maximum absolute atomic E-state index is 12.9. The topological polar surface area (TPSA) is 39.2 Å². The number of carbonyl (C=O) groups excluding carboxylic acids is 1. The van der Waals surface area contributed by atoms with Gasteiger partial charge in [-0.3, -0.25) is 0 Å². The normalized spacial score (nSPS) is 12.2. The van der Waals surface area contributed by atoms with Crippen LogP contribution in [0.2, 0.25) is 5.02 Å². The van der Waals surface area contributed by atoms with E-state index < -0.39 is 35.1 Å². The summed E-state index contributed by atoms with van der Waals surface area (Å²) in [5, 5.41) is -0.377. The molecular weight excluding hydrogens is 376 g/mol. The average molecular weight is 384 g/mol. The first-order valence-corrected chi connectivity index (χ1v) is 6.86. The van der Waals surface area contributed by atoms with E-state index in [9.17, 15) is 31.1 Å². The number of carbonyl (C=O) groups is 1. The smallest absolute Gasteiger partial charge is 0.418 e. The van der Waals surface area contributed by atoms with Gasteiger partial charge in [-0.25, -0.2) is 9.78 Å². The number of aromatic nitrogens is 1. The Labute approximate surface area is 142 Å². The van der Waals surface area contributed by atoms with Gasteiger partial charge in [-0.2, -0.15) is 26.3 Å². The van der Waals surface area contributed by atoms with Crippen LogP contribution in [0.5, 0.6) is 0 Å². The van der Waals surface area contributed by atoms with Crippen molar-refractivity contribution < 1.29 is 35.9 Å². The maximum atomic E-state index is 12.9. The molecule has 0 saturated heterocycles. The van der Waals surface area contributed by atoms with Crippen molar-refractivity contribution >= 4 is 17.6 Å². The van der Waals surface area contributed by atoms with E-state index in [1.165, 1.54) is 0 Å². The molecule has 134 valence electrons. The van der Waals surface area contributed by atoms with Crippen molar-refractivity contribution in [2.45, 2.75) is 12.4 Å². The molecule has 10 heteroatoms. The molecule has 3 nitrogen and oxygen atoms in total. The van der Waals surface area contributed by atoms with Gasteiger partial charge in [0.15, 0.2) is 5.69 Å².